The SMILES string of the molecule is CCNC(c1c(OC)cc(OC)cc1OC)C(CC)CC. The minimum absolute atomic E-state index is 0.209. The molecule has 0 amide bonds. The Bertz CT molecular complexity index is 405. The number of methoxy groups -OCH3 is 3. The Morgan fingerprint density at radius 2 is 1.43 bits per heavy atom. The second-order valence-corrected chi connectivity index (χ2v) is 5.06. The van der Waals surface area contributed by atoms with E-state index in [4.69, 9.17) is 14.2 Å². The maximum atomic E-state index is 5.60. The van der Waals surface area contributed by atoms with Crippen LogP contribution in [0.15, 0.2) is 12.1 Å². The van der Waals surface area contributed by atoms with E-state index in [0.717, 1.165) is 42.2 Å². The summed E-state index contributed by atoms with van der Waals surface area (Å²) in [6.45, 7) is 7.47. The minimum Gasteiger partial charge on any atom is -0.496 e. The molecule has 0 bridgehead atoms. The largest absolute Gasteiger partial charge is 0.496 e. The molecule has 0 spiro atoms. The smallest absolute Gasteiger partial charge is 0.131 e. The van der Waals surface area contributed by atoms with Crippen LogP contribution in [-0.4, -0.2) is 27.9 Å². The van der Waals surface area contributed by atoms with Gasteiger partial charge in [-0.25, -0.2) is 0 Å². The van der Waals surface area contributed by atoms with Crippen molar-refractivity contribution in [3.63, 3.8) is 0 Å². The third-order valence-electron chi connectivity index (χ3n) is 4.01. The van der Waals surface area contributed by atoms with Crippen molar-refractivity contribution < 1.29 is 14.2 Å². The van der Waals surface area contributed by atoms with Crippen molar-refractivity contribution in [2.45, 2.75) is 39.7 Å². The lowest BCUT2D eigenvalue weighted by atomic mass is 9.87. The maximum absolute atomic E-state index is 5.60. The third kappa shape index (κ3) is 4.03. The van der Waals surface area contributed by atoms with Gasteiger partial charge in [-0.2, -0.15) is 0 Å². The number of ether oxygens (including phenoxy) is 3. The van der Waals surface area contributed by atoms with Crippen LogP contribution >= 0.6 is 0 Å². The van der Waals surface area contributed by atoms with E-state index in [0.29, 0.717) is 5.92 Å². The van der Waals surface area contributed by atoms with Crippen LogP contribution in [-0.2, 0) is 0 Å². The highest BCUT2D eigenvalue weighted by atomic mass is 16.5. The Labute approximate surface area is 128 Å². The van der Waals surface area contributed by atoms with E-state index < -0.39 is 0 Å². The Balaban J connectivity index is 3.40. The molecule has 0 aliphatic carbocycles. The van der Waals surface area contributed by atoms with Gasteiger partial charge in [0.2, 0.25) is 0 Å². The number of benzene rings is 1. The Morgan fingerprint density at radius 3 is 1.76 bits per heavy atom. The highest BCUT2D eigenvalue weighted by molar-refractivity contribution is 5.52. The molecule has 1 N–H and O–H groups in total. The highest BCUT2D eigenvalue weighted by Crippen LogP contribution is 2.42. The summed E-state index contributed by atoms with van der Waals surface area (Å²) >= 11 is 0. The molecule has 1 aromatic rings. The van der Waals surface area contributed by atoms with Crippen LogP contribution in [0.1, 0.15) is 45.2 Å². The van der Waals surface area contributed by atoms with Crippen molar-refractivity contribution in [1.29, 1.82) is 0 Å². The van der Waals surface area contributed by atoms with Gasteiger partial charge in [0.25, 0.3) is 0 Å². The molecular formula is C17H29NO3. The van der Waals surface area contributed by atoms with E-state index in [1.807, 2.05) is 12.1 Å². The molecule has 1 unspecified atom stereocenters. The van der Waals surface area contributed by atoms with Gasteiger partial charge in [-0.3, -0.25) is 0 Å². The number of hydrogen-bond donors (Lipinski definition) is 1. The van der Waals surface area contributed by atoms with Crippen LogP contribution < -0.4 is 19.5 Å². The number of hydrogen-bond acceptors (Lipinski definition) is 4. The average molecular weight is 295 g/mol. The summed E-state index contributed by atoms with van der Waals surface area (Å²) in [4.78, 5) is 0. The van der Waals surface area contributed by atoms with Gasteiger partial charge in [0.05, 0.1) is 26.9 Å². The summed E-state index contributed by atoms with van der Waals surface area (Å²) in [5, 5.41) is 3.59. The van der Waals surface area contributed by atoms with E-state index in [1.54, 1.807) is 21.3 Å². The van der Waals surface area contributed by atoms with Crippen LogP contribution in [0, 0.1) is 5.92 Å². The van der Waals surface area contributed by atoms with Gasteiger partial charge < -0.3 is 19.5 Å². The molecule has 4 nitrogen and oxygen atoms in total. The van der Waals surface area contributed by atoms with Crippen molar-refractivity contribution >= 4 is 0 Å². The summed E-state index contributed by atoms with van der Waals surface area (Å²) in [6.07, 6.45) is 2.21. The molecule has 120 valence electrons. The average Bonchev–Trinajstić information content (AvgIpc) is 2.53. The van der Waals surface area contributed by atoms with E-state index in [-0.39, 0.29) is 6.04 Å². The van der Waals surface area contributed by atoms with Gasteiger partial charge >= 0.3 is 0 Å². The molecule has 1 atom stereocenters. The number of rotatable bonds is 9. The van der Waals surface area contributed by atoms with E-state index in [9.17, 15) is 0 Å². The topological polar surface area (TPSA) is 39.7 Å². The van der Waals surface area contributed by atoms with Crippen LogP contribution in [0.25, 0.3) is 0 Å². The fourth-order valence-corrected chi connectivity index (χ4v) is 2.82. The zero-order chi connectivity index (χ0) is 15.8. The van der Waals surface area contributed by atoms with Crippen molar-refractivity contribution in [3.05, 3.63) is 17.7 Å². The van der Waals surface area contributed by atoms with E-state index in [2.05, 4.69) is 26.1 Å². The lowest BCUT2D eigenvalue weighted by molar-refractivity contribution is 0.310. The third-order valence-corrected chi connectivity index (χ3v) is 4.01. The summed E-state index contributed by atoms with van der Waals surface area (Å²) in [7, 11) is 5.03. The van der Waals surface area contributed by atoms with Gasteiger partial charge in [0.1, 0.15) is 17.2 Å². The van der Waals surface area contributed by atoms with Gasteiger partial charge in [0, 0.05) is 18.2 Å². The molecule has 0 aromatic heterocycles. The first-order chi connectivity index (χ1) is 10.2. The van der Waals surface area contributed by atoms with E-state index >= 15 is 0 Å². The summed E-state index contributed by atoms with van der Waals surface area (Å²) in [5.74, 6) is 2.89. The predicted molar refractivity (Wildman–Crippen MR) is 86.6 cm³/mol. The molecular weight excluding hydrogens is 266 g/mol. The second kappa shape index (κ2) is 8.78. The number of nitrogens with one attached hydrogen (secondary N) is 1. The van der Waals surface area contributed by atoms with Gasteiger partial charge in [-0.05, 0) is 12.5 Å². The predicted octanol–water partition coefficient (Wildman–Crippen LogP) is 3.80. The van der Waals surface area contributed by atoms with Crippen LogP contribution in [0.5, 0.6) is 17.2 Å². The Kier molecular flexibility index (Phi) is 7.37. The lowest BCUT2D eigenvalue weighted by Gasteiger charge is -2.29. The highest BCUT2D eigenvalue weighted by Gasteiger charge is 2.27. The first-order valence-electron chi connectivity index (χ1n) is 7.69. The van der Waals surface area contributed by atoms with Crippen molar-refractivity contribution in [2.24, 2.45) is 5.92 Å². The minimum atomic E-state index is 0.209. The molecule has 1 aromatic carbocycles. The molecule has 0 saturated carbocycles. The van der Waals surface area contributed by atoms with Crippen LogP contribution in [0.4, 0.5) is 0 Å². The summed E-state index contributed by atoms with van der Waals surface area (Å²) in [6, 6.07) is 4.05. The van der Waals surface area contributed by atoms with Crippen LogP contribution in [0.3, 0.4) is 0 Å². The van der Waals surface area contributed by atoms with Crippen molar-refractivity contribution in [3.8, 4) is 17.2 Å². The van der Waals surface area contributed by atoms with Gasteiger partial charge in [0.15, 0.2) is 0 Å². The standard InChI is InChI=1S/C17H29NO3/c1-7-12(8-2)17(18-9-3)16-14(20-5)10-13(19-4)11-15(16)21-6/h10-12,17-18H,7-9H2,1-6H3. The maximum Gasteiger partial charge on any atom is 0.131 e. The molecule has 0 aliphatic rings. The monoisotopic (exact) mass is 295 g/mol. The molecule has 0 saturated heterocycles. The van der Waals surface area contributed by atoms with Crippen molar-refractivity contribution in [1.82, 2.24) is 5.32 Å². The zero-order valence-corrected chi connectivity index (χ0v) is 14.2. The van der Waals surface area contributed by atoms with Gasteiger partial charge in [-0.1, -0.05) is 33.6 Å². The first-order valence-corrected chi connectivity index (χ1v) is 7.69. The fraction of sp³-hybridized carbons (Fsp3) is 0.647. The Hall–Kier alpha value is -1.42. The molecule has 0 heterocycles. The molecule has 0 aliphatic heterocycles. The Morgan fingerprint density at radius 1 is 0.905 bits per heavy atom. The first kappa shape index (κ1) is 17.6. The van der Waals surface area contributed by atoms with Crippen molar-refractivity contribution in [2.75, 3.05) is 27.9 Å². The normalized spacial score (nSPS) is 12.3. The molecule has 0 radical (unpaired) electrons. The quantitative estimate of drug-likeness (QED) is 0.752. The second-order valence-electron chi connectivity index (χ2n) is 5.06. The molecule has 21 heavy (non-hydrogen) atoms. The zero-order valence-electron chi connectivity index (χ0n) is 14.2. The fourth-order valence-electron chi connectivity index (χ4n) is 2.82. The van der Waals surface area contributed by atoms with Gasteiger partial charge in [-0.15, -0.1) is 0 Å². The molecule has 4 heteroatoms. The van der Waals surface area contributed by atoms with Crippen LogP contribution in [0.2, 0.25) is 0 Å². The summed E-state index contributed by atoms with van der Waals surface area (Å²) < 4.78 is 16.5. The molecule has 1 rings (SSSR count). The molecule has 0 fully saturated rings. The lowest BCUT2D eigenvalue weighted by Crippen LogP contribution is -2.28. The summed E-state index contributed by atoms with van der Waals surface area (Å²) in [5.41, 5.74) is 1.08. The van der Waals surface area contributed by atoms with E-state index in [1.165, 1.54) is 0 Å².